The van der Waals surface area contributed by atoms with Crippen LogP contribution in [0.3, 0.4) is 0 Å². The standard InChI is InChI=1S/C17H26.2C2H6/c1-8-9-16(10-13(2)3)17(11-14(4)5)12-15(6)7;2*1-2/h9-12H,4,8H2,1-3,5-7H3;2*1-2H3/b16-9+,17-11+;;. The van der Waals surface area contributed by atoms with Crippen molar-refractivity contribution in [1.29, 1.82) is 0 Å². The Hall–Kier alpha value is -1.30. The molecule has 0 atom stereocenters. The Bertz CT molecular complexity index is 376. The summed E-state index contributed by atoms with van der Waals surface area (Å²) in [4.78, 5) is 0. The van der Waals surface area contributed by atoms with Gasteiger partial charge in [-0.2, -0.15) is 0 Å². The molecule has 0 heteroatoms. The van der Waals surface area contributed by atoms with Crippen molar-refractivity contribution in [3.8, 4) is 0 Å². The maximum absolute atomic E-state index is 3.97. The summed E-state index contributed by atoms with van der Waals surface area (Å²) in [6.07, 6.45) is 9.91. The quantitative estimate of drug-likeness (QED) is 0.453. The molecule has 0 saturated heterocycles. The van der Waals surface area contributed by atoms with Crippen molar-refractivity contribution in [1.82, 2.24) is 0 Å². The molecule has 0 aliphatic heterocycles. The van der Waals surface area contributed by atoms with Crippen LogP contribution < -0.4 is 0 Å². The Kier molecular flexibility index (Phi) is 19.7. The minimum atomic E-state index is 1.04. The smallest absolute Gasteiger partial charge is 0.0185 e. The molecule has 0 N–H and O–H groups in total. The number of hydrogen-bond acceptors (Lipinski definition) is 0. The predicted molar refractivity (Wildman–Crippen MR) is 103 cm³/mol. The average molecular weight is 291 g/mol. The Morgan fingerprint density at radius 3 is 1.38 bits per heavy atom. The summed E-state index contributed by atoms with van der Waals surface area (Å²) in [6.45, 7) is 24.7. The Morgan fingerprint density at radius 2 is 1.10 bits per heavy atom. The molecule has 0 saturated carbocycles. The second kappa shape index (κ2) is 16.8. The summed E-state index contributed by atoms with van der Waals surface area (Å²) in [6, 6.07) is 0. The summed E-state index contributed by atoms with van der Waals surface area (Å²) < 4.78 is 0. The van der Waals surface area contributed by atoms with Crippen molar-refractivity contribution < 1.29 is 0 Å². The molecular formula is C21H38. The fraction of sp³-hybridized carbons (Fsp3) is 0.524. The average Bonchev–Trinajstić information content (AvgIpc) is 2.40. The van der Waals surface area contributed by atoms with Crippen molar-refractivity contribution in [3.05, 3.63) is 58.7 Å². The second-order valence-corrected chi connectivity index (χ2v) is 4.96. The van der Waals surface area contributed by atoms with E-state index in [1.807, 2.05) is 34.6 Å². The first kappa shape index (κ1) is 24.7. The van der Waals surface area contributed by atoms with Gasteiger partial charge in [0.1, 0.15) is 0 Å². The lowest BCUT2D eigenvalue weighted by atomic mass is 9.98. The van der Waals surface area contributed by atoms with Crippen LogP contribution in [-0.4, -0.2) is 0 Å². The van der Waals surface area contributed by atoms with Gasteiger partial charge in [0.2, 0.25) is 0 Å². The van der Waals surface area contributed by atoms with Crippen LogP contribution >= 0.6 is 0 Å². The van der Waals surface area contributed by atoms with Gasteiger partial charge in [-0.15, -0.1) is 0 Å². The normalized spacial score (nSPS) is 10.4. The van der Waals surface area contributed by atoms with E-state index >= 15 is 0 Å². The van der Waals surface area contributed by atoms with Crippen molar-refractivity contribution in [2.45, 2.75) is 75.7 Å². The molecule has 0 amide bonds. The first-order chi connectivity index (χ1) is 9.86. The van der Waals surface area contributed by atoms with Crippen molar-refractivity contribution in [2.24, 2.45) is 0 Å². The SMILES string of the molecule is C=C(C)/C=C(C=C(C)C)/C(C=C(C)C)=C/CC.CC.CC. The van der Waals surface area contributed by atoms with Gasteiger partial charge in [0, 0.05) is 0 Å². The molecule has 0 bridgehead atoms. The zero-order valence-corrected chi connectivity index (χ0v) is 16.2. The Morgan fingerprint density at radius 1 is 0.714 bits per heavy atom. The molecule has 21 heavy (non-hydrogen) atoms. The van der Waals surface area contributed by atoms with Crippen LogP contribution in [0.25, 0.3) is 0 Å². The fourth-order valence-electron chi connectivity index (χ4n) is 1.58. The largest absolute Gasteiger partial charge is 0.0961 e. The number of hydrogen-bond donors (Lipinski definition) is 0. The third-order valence-electron chi connectivity index (χ3n) is 2.05. The molecule has 0 aromatic carbocycles. The maximum atomic E-state index is 3.97. The van der Waals surface area contributed by atoms with Gasteiger partial charge in [-0.05, 0) is 52.2 Å². The first-order valence-electron chi connectivity index (χ1n) is 8.24. The fourth-order valence-corrected chi connectivity index (χ4v) is 1.58. The lowest BCUT2D eigenvalue weighted by molar-refractivity contribution is 1.19. The maximum Gasteiger partial charge on any atom is -0.0185 e. The molecule has 0 rings (SSSR count). The summed E-state index contributed by atoms with van der Waals surface area (Å²) in [5, 5.41) is 0. The molecule has 0 unspecified atom stereocenters. The van der Waals surface area contributed by atoms with Gasteiger partial charge < -0.3 is 0 Å². The second-order valence-electron chi connectivity index (χ2n) is 4.96. The summed E-state index contributed by atoms with van der Waals surface area (Å²) >= 11 is 0. The van der Waals surface area contributed by atoms with E-state index < -0.39 is 0 Å². The first-order valence-corrected chi connectivity index (χ1v) is 8.24. The highest BCUT2D eigenvalue weighted by Crippen LogP contribution is 2.19. The Balaban J connectivity index is -0.000000739. The van der Waals surface area contributed by atoms with Gasteiger partial charge in [0.15, 0.2) is 0 Å². The van der Waals surface area contributed by atoms with Crippen LogP contribution in [0.2, 0.25) is 0 Å². The van der Waals surface area contributed by atoms with Crippen LogP contribution in [0.4, 0.5) is 0 Å². The lowest BCUT2D eigenvalue weighted by Crippen LogP contribution is -1.87. The van der Waals surface area contributed by atoms with Crippen molar-refractivity contribution in [3.63, 3.8) is 0 Å². The highest BCUT2D eigenvalue weighted by molar-refractivity contribution is 5.50. The molecule has 0 radical (unpaired) electrons. The molecule has 0 aliphatic rings. The summed E-state index contributed by atoms with van der Waals surface area (Å²) in [5.74, 6) is 0. The van der Waals surface area contributed by atoms with E-state index in [4.69, 9.17) is 0 Å². The van der Waals surface area contributed by atoms with Crippen LogP contribution in [0.1, 0.15) is 75.7 Å². The molecule has 0 nitrogen and oxygen atoms in total. The number of rotatable bonds is 5. The van der Waals surface area contributed by atoms with Crippen molar-refractivity contribution in [2.75, 3.05) is 0 Å². The Labute approximate surface area is 135 Å². The molecule has 0 fully saturated rings. The van der Waals surface area contributed by atoms with Gasteiger partial charge in [-0.1, -0.05) is 82.2 Å². The zero-order valence-electron chi connectivity index (χ0n) is 16.2. The lowest BCUT2D eigenvalue weighted by Gasteiger charge is -2.07. The van der Waals surface area contributed by atoms with Gasteiger partial charge in [-0.25, -0.2) is 0 Å². The third-order valence-corrected chi connectivity index (χ3v) is 2.05. The van der Waals surface area contributed by atoms with E-state index in [0.29, 0.717) is 0 Å². The third kappa shape index (κ3) is 16.6. The van der Waals surface area contributed by atoms with Crippen LogP contribution in [0.5, 0.6) is 0 Å². The minimum absolute atomic E-state index is 1.04. The molecule has 0 spiro atoms. The highest BCUT2D eigenvalue weighted by Gasteiger charge is 2.00. The molecule has 0 aliphatic carbocycles. The van der Waals surface area contributed by atoms with E-state index in [-0.39, 0.29) is 0 Å². The van der Waals surface area contributed by atoms with Gasteiger partial charge in [0.05, 0.1) is 0 Å². The zero-order chi connectivity index (χ0) is 17.4. The van der Waals surface area contributed by atoms with Gasteiger partial charge in [0.25, 0.3) is 0 Å². The summed E-state index contributed by atoms with van der Waals surface area (Å²) in [7, 11) is 0. The molecule has 0 aromatic rings. The van der Waals surface area contributed by atoms with Gasteiger partial charge in [-0.3, -0.25) is 0 Å². The highest BCUT2D eigenvalue weighted by atomic mass is 14.0. The molecular weight excluding hydrogens is 252 g/mol. The molecule has 122 valence electrons. The van der Waals surface area contributed by atoms with Crippen molar-refractivity contribution >= 4 is 0 Å². The molecule has 0 aromatic heterocycles. The predicted octanol–water partition coefficient (Wildman–Crippen LogP) is 7.81. The summed E-state index contributed by atoms with van der Waals surface area (Å²) in [5.41, 5.74) is 6.25. The van der Waals surface area contributed by atoms with E-state index in [1.54, 1.807) is 0 Å². The molecule has 0 heterocycles. The van der Waals surface area contributed by atoms with E-state index in [9.17, 15) is 0 Å². The number of allylic oxidation sites excluding steroid dienone is 9. The van der Waals surface area contributed by atoms with E-state index in [0.717, 1.165) is 12.0 Å². The van der Waals surface area contributed by atoms with Crippen LogP contribution in [0, 0.1) is 0 Å². The monoisotopic (exact) mass is 290 g/mol. The van der Waals surface area contributed by atoms with Gasteiger partial charge >= 0.3 is 0 Å². The van der Waals surface area contributed by atoms with Crippen LogP contribution in [-0.2, 0) is 0 Å². The van der Waals surface area contributed by atoms with E-state index in [2.05, 4.69) is 65.5 Å². The minimum Gasteiger partial charge on any atom is -0.0961 e. The topological polar surface area (TPSA) is 0 Å². The van der Waals surface area contributed by atoms with Crippen LogP contribution in [0.15, 0.2) is 58.7 Å². The van der Waals surface area contributed by atoms with E-state index in [1.165, 1.54) is 22.3 Å².